The first kappa shape index (κ1) is 13.4. The Bertz CT molecular complexity index is 243. The highest BCUT2D eigenvalue weighted by Gasteiger charge is 2.33. The highest BCUT2D eigenvalue weighted by molar-refractivity contribution is 4.89. The first-order valence-electron chi connectivity index (χ1n) is 7.53. The topological polar surface area (TPSA) is 32.3 Å². The molecule has 2 fully saturated rings. The molecule has 4 unspecified atom stereocenters. The minimum absolute atomic E-state index is 0.418. The van der Waals surface area contributed by atoms with Crippen LogP contribution in [0.25, 0.3) is 0 Å². The third-order valence-corrected chi connectivity index (χ3v) is 4.72. The van der Waals surface area contributed by atoms with Crippen LogP contribution in [0.4, 0.5) is 0 Å². The van der Waals surface area contributed by atoms with Crippen LogP contribution in [0.15, 0.2) is 0 Å². The van der Waals surface area contributed by atoms with E-state index in [1.807, 2.05) is 0 Å². The van der Waals surface area contributed by atoms with Crippen LogP contribution in [0, 0.1) is 11.8 Å². The van der Waals surface area contributed by atoms with E-state index < -0.39 is 5.60 Å². The molecule has 0 aromatic rings. The second-order valence-corrected chi connectivity index (χ2v) is 6.78. The van der Waals surface area contributed by atoms with Gasteiger partial charge in [0.25, 0.3) is 0 Å². The van der Waals surface area contributed by atoms with Crippen molar-refractivity contribution in [1.29, 1.82) is 0 Å². The van der Waals surface area contributed by atoms with E-state index in [9.17, 15) is 5.11 Å². The van der Waals surface area contributed by atoms with Crippen molar-refractivity contribution < 1.29 is 5.11 Å². The van der Waals surface area contributed by atoms with Crippen molar-refractivity contribution in [2.24, 2.45) is 11.8 Å². The summed E-state index contributed by atoms with van der Waals surface area (Å²) in [5, 5.41) is 14.2. The maximum atomic E-state index is 10.6. The smallest absolute Gasteiger partial charge is 0.0774 e. The summed E-state index contributed by atoms with van der Waals surface area (Å²) in [7, 11) is 0. The second-order valence-electron chi connectivity index (χ2n) is 6.78. The Kier molecular flexibility index (Phi) is 4.48. The van der Waals surface area contributed by atoms with Gasteiger partial charge in [0.15, 0.2) is 0 Å². The second kappa shape index (κ2) is 5.71. The number of hydrogen-bond acceptors (Lipinski definition) is 2. The molecular formula is C15H29NO. The molecule has 0 aromatic carbocycles. The van der Waals surface area contributed by atoms with Gasteiger partial charge in [-0.2, -0.15) is 0 Å². The normalized spacial score (nSPS) is 43.6. The molecular weight excluding hydrogens is 210 g/mol. The lowest BCUT2D eigenvalue weighted by Gasteiger charge is -2.38. The zero-order valence-electron chi connectivity index (χ0n) is 11.5. The van der Waals surface area contributed by atoms with Gasteiger partial charge in [0.1, 0.15) is 0 Å². The third kappa shape index (κ3) is 3.96. The first-order chi connectivity index (χ1) is 8.07. The molecule has 0 heterocycles. The zero-order chi connectivity index (χ0) is 12.3. The molecule has 2 heteroatoms. The van der Waals surface area contributed by atoms with Crippen molar-refractivity contribution >= 4 is 0 Å². The summed E-state index contributed by atoms with van der Waals surface area (Å²) in [6.45, 7) is 5.44. The molecule has 2 rings (SSSR count). The lowest BCUT2D eigenvalue weighted by Crippen LogP contribution is -2.47. The zero-order valence-corrected chi connectivity index (χ0v) is 11.5. The Morgan fingerprint density at radius 2 is 1.88 bits per heavy atom. The Hall–Kier alpha value is -0.0800. The third-order valence-electron chi connectivity index (χ3n) is 4.72. The highest BCUT2D eigenvalue weighted by Crippen LogP contribution is 2.32. The summed E-state index contributed by atoms with van der Waals surface area (Å²) in [6.07, 6.45) is 9.81. The molecule has 100 valence electrons. The Labute approximate surface area is 106 Å². The summed E-state index contributed by atoms with van der Waals surface area (Å²) in [6, 6.07) is 0.653. The van der Waals surface area contributed by atoms with E-state index in [4.69, 9.17) is 0 Å². The van der Waals surface area contributed by atoms with E-state index in [1.54, 1.807) is 0 Å². The van der Waals surface area contributed by atoms with Crippen molar-refractivity contribution in [3.63, 3.8) is 0 Å². The van der Waals surface area contributed by atoms with Crippen molar-refractivity contribution in [2.45, 2.75) is 76.9 Å². The van der Waals surface area contributed by atoms with Gasteiger partial charge in [-0.15, -0.1) is 0 Å². The van der Waals surface area contributed by atoms with Gasteiger partial charge >= 0.3 is 0 Å². The lowest BCUT2D eigenvalue weighted by atomic mass is 9.78. The predicted octanol–water partition coefficient (Wildman–Crippen LogP) is 3.10. The molecule has 2 saturated carbocycles. The Morgan fingerprint density at radius 1 is 1.12 bits per heavy atom. The van der Waals surface area contributed by atoms with Gasteiger partial charge in [-0.25, -0.2) is 0 Å². The van der Waals surface area contributed by atoms with Crippen molar-refractivity contribution in [1.82, 2.24) is 5.32 Å². The number of rotatable bonds is 3. The highest BCUT2D eigenvalue weighted by atomic mass is 16.3. The quantitative estimate of drug-likeness (QED) is 0.793. The van der Waals surface area contributed by atoms with Gasteiger partial charge in [0, 0.05) is 12.6 Å². The lowest BCUT2D eigenvalue weighted by molar-refractivity contribution is -0.0150. The van der Waals surface area contributed by atoms with Crippen molar-refractivity contribution in [2.75, 3.05) is 6.54 Å². The largest absolute Gasteiger partial charge is 0.389 e. The van der Waals surface area contributed by atoms with E-state index in [2.05, 4.69) is 19.2 Å². The molecule has 0 radical (unpaired) electrons. The maximum Gasteiger partial charge on any atom is 0.0774 e. The average molecular weight is 239 g/mol. The Morgan fingerprint density at radius 3 is 2.59 bits per heavy atom. The molecule has 0 amide bonds. The van der Waals surface area contributed by atoms with Gasteiger partial charge < -0.3 is 10.4 Å². The molecule has 17 heavy (non-hydrogen) atoms. The number of hydrogen-bond donors (Lipinski definition) is 2. The van der Waals surface area contributed by atoms with Gasteiger partial charge in [-0.05, 0) is 37.5 Å². The molecule has 4 atom stereocenters. The Balaban J connectivity index is 1.76. The summed E-state index contributed by atoms with van der Waals surface area (Å²) in [5.41, 5.74) is -0.418. The van der Waals surface area contributed by atoms with Crippen molar-refractivity contribution in [3.8, 4) is 0 Å². The van der Waals surface area contributed by atoms with Crippen LogP contribution in [-0.4, -0.2) is 23.3 Å². The standard InChI is InChI=1S/C15H29NO/c1-12-5-3-7-14(9-12)16-11-15(17)8-4-6-13(2)10-15/h12-14,16-17H,3-11H2,1-2H3. The van der Waals surface area contributed by atoms with E-state index in [1.165, 1.54) is 38.5 Å². The van der Waals surface area contributed by atoms with E-state index in [0.717, 1.165) is 25.3 Å². The molecule has 2 nitrogen and oxygen atoms in total. The van der Waals surface area contributed by atoms with E-state index >= 15 is 0 Å². The molecule has 0 bridgehead atoms. The SMILES string of the molecule is CC1CCCC(NCC2(O)CCCC(C)C2)C1. The van der Waals surface area contributed by atoms with Crippen LogP contribution in [-0.2, 0) is 0 Å². The number of aliphatic hydroxyl groups is 1. The van der Waals surface area contributed by atoms with Crippen molar-refractivity contribution in [3.05, 3.63) is 0 Å². The van der Waals surface area contributed by atoms with E-state index in [0.29, 0.717) is 12.0 Å². The fourth-order valence-corrected chi connectivity index (χ4v) is 3.75. The maximum absolute atomic E-state index is 10.6. The predicted molar refractivity (Wildman–Crippen MR) is 72.0 cm³/mol. The van der Waals surface area contributed by atoms with Gasteiger partial charge in [-0.1, -0.05) is 39.5 Å². The monoisotopic (exact) mass is 239 g/mol. The van der Waals surface area contributed by atoms with Crippen LogP contribution < -0.4 is 5.32 Å². The van der Waals surface area contributed by atoms with Crippen LogP contribution in [0.5, 0.6) is 0 Å². The minimum atomic E-state index is -0.418. The molecule has 0 aromatic heterocycles. The van der Waals surface area contributed by atoms with Crippen LogP contribution in [0.1, 0.15) is 65.2 Å². The summed E-state index contributed by atoms with van der Waals surface area (Å²) < 4.78 is 0. The van der Waals surface area contributed by atoms with E-state index in [-0.39, 0.29) is 0 Å². The molecule has 0 spiro atoms. The van der Waals surface area contributed by atoms with Crippen LogP contribution >= 0.6 is 0 Å². The molecule has 2 N–H and O–H groups in total. The van der Waals surface area contributed by atoms with Crippen LogP contribution in [0.3, 0.4) is 0 Å². The number of nitrogens with one attached hydrogen (secondary N) is 1. The fraction of sp³-hybridized carbons (Fsp3) is 1.00. The van der Waals surface area contributed by atoms with Gasteiger partial charge in [0.2, 0.25) is 0 Å². The molecule has 0 saturated heterocycles. The minimum Gasteiger partial charge on any atom is -0.389 e. The first-order valence-corrected chi connectivity index (χ1v) is 7.53. The van der Waals surface area contributed by atoms with Crippen LogP contribution in [0.2, 0.25) is 0 Å². The summed E-state index contributed by atoms with van der Waals surface area (Å²) in [4.78, 5) is 0. The molecule has 2 aliphatic rings. The average Bonchev–Trinajstić information content (AvgIpc) is 2.26. The van der Waals surface area contributed by atoms with Gasteiger partial charge in [0.05, 0.1) is 5.60 Å². The summed E-state index contributed by atoms with van der Waals surface area (Å²) >= 11 is 0. The summed E-state index contributed by atoms with van der Waals surface area (Å²) in [5.74, 6) is 1.56. The fourth-order valence-electron chi connectivity index (χ4n) is 3.75. The molecule has 2 aliphatic carbocycles. The van der Waals surface area contributed by atoms with Gasteiger partial charge in [-0.3, -0.25) is 0 Å². The molecule has 0 aliphatic heterocycles.